The summed E-state index contributed by atoms with van der Waals surface area (Å²) in [6.45, 7) is 1.83. The Morgan fingerprint density at radius 2 is 2.00 bits per heavy atom. The number of ether oxygens (including phenoxy) is 1. The number of rotatable bonds is 5. The number of hydrogen-bond donors (Lipinski definition) is 2. The second-order valence-corrected chi connectivity index (χ2v) is 8.43. The Kier molecular flexibility index (Phi) is 5.38. The molecular weight excluding hydrogens is 392 g/mol. The zero-order chi connectivity index (χ0) is 21.4. The molecule has 3 atom stereocenters. The number of para-hydroxylation sites is 2. The number of aliphatic hydroxyl groups is 1. The number of nitrogens with zero attached hydrogens (tertiary/aromatic N) is 3. The summed E-state index contributed by atoms with van der Waals surface area (Å²) in [4.78, 5) is 18.8. The highest BCUT2D eigenvalue weighted by atomic mass is 16.5. The van der Waals surface area contributed by atoms with Crippen molar-refractivity contribution in [2.75, 3.05) is 30.0 Å². The first-order valence-electron chi connectivity index (χ1n) is 11.0. The molecule has 0 unspecified atom stereocenters. The fourth-order valence-electron chi connectivity index (χ4n) is 4.71. The normalized spacial score (nSPS) is 22.8. The lowest BCUT2D eigenvalue weighted by molar-refractivity contribution is -0.117. The Balaban J connectivity index is 1.47. The van der Waals surface area contributed by atoms with E-state index >= 15 is 0 Å². The number of nitrogens with one attached hydrogen (secondary N) is 1. The standard InChI is InChI=1S/C24H28N4O3/c1-27-20-6-3-2-5-19(20)26-24(27)23(18-15-31-14-12-21(18)29)25-16-8-10-17(11-9-16)28-13-4-7-22(28)30/h2-3,5-6,8-11,18,21,23,25,29H,4,7,12-15H2,1H3/t18-,21+,23+/m1/s1. The van der Waals surface area contributed by atoms with Crippen molar-refractivity contribution in [3.05, 3.63) is 54.4 Å². The van der Waals surface area contributed by atoms with Gasteiger partial charge in [0, 0.05) is 43.9 Å². The Morgan fingerprint density at radius 1 is 1.19 bits per heavy atom. The number of fused-ring (bicyclic) bond motifs is 1. The average Bonchev–Trinajstić information content (AvgIpc) is 3.36. The van der Waals surface area contributed by atoms with Crippen LogP contribution in [0.3, 0.4) is 0 Å². The third-order valence-corrected chi connectivity index (χ3v) is 6.47. The van der Waals surface area contributed by atoms with E-state index in [-0.39, 0.29) is 17.9 Å². The van der Waals surface area contributed by atoms with Gasteiger partial charge >= 0.3 is 0 Å². The third-order valence-electron chi connectivity index (χ3n) is 6.47. The van der Waals surface area contributed by atoms with Crippen LogP contribution in [0.4, 0.5) is 11.4 Å². The predicted octanol–water partition coefficient (Wildman–Crippen LogP) is 3.25. The molecule has 3 aromatic rings. The van der Waals surface area contributed by atoms with E-state index in [1.807, 2.05) is 54.4 Å². The molecule has 1 aromatic heterocycles. The highest BCUT2D eigenvalue weighted by Crippen LogP contribution is 2.34. The van der Waals surface area contributed by atoms with Gasteiger partial charge in [-0.15, -0.1) is 0 Å². The Labute approximate surface area is 181 Å². The van der Waals surface area contributed by atoms with Gasteiger partial charge in [-0.1, -0.05) is 12.1 Å². The van der Waals surface area contributed by atoms with E-state index in [9.17, 15) is 9.90 Å². The van der Waals surface area contributed by atoms with Crippen LogP contribution in [0.1, 0.15) is 31.1 Å². The van der Waals surface area contributed by atoms with Gasteiger partial charge < -0.3 is 24.6 Å². The number of carbonyl (C=O) groups is 1. The lowest BCUT2D eigenvalue weighted by atomic mass is 9.90. The van der Waals surface area contributed by atoms with Gasteiger partial charge in [-0.2, -0.15) is 0 Å². The molecular formula is C24H28N4O3. The number of aromatic nitrogens is 2. The van der Waals surface area contributed by atoms with E-state index in [2.05, 4.69) is 16.0 Å². The fraction of sp³-hybridized carbons (Fsp3) is 0.417. The molecule has 2 fully saturated rings. The summed E-state index contributed by atoms with van der Waals surface area (Å²) in [5.41, 5.74) is 3.83. The molecule has 2 aliphatic heterocycles. The minimum absolute atomic E-state index is 0.121. The maximum atomic E-state index is 12.0. The Bertz CT molecular complexity index is 1080. The van der Waals surface area contributed by atoms with Gasteiger partial charge in [0.05, 0.1) is 29.8 Å². The van der Waals surface area contributed by atoms with E-state index < -0.39 is 6.10 Å². The molecule has 2 N–H and O–H groups in total. The smallest absolute Gasteiger partial charge is 0.227 e. The highest BCUT2D eigenvalue weighted by Gasteiger charge is 2.35. The van der Waals surface area contributed by atoms with Crippen molar-refractivity contribution >= 4 is 28.3 Å². The monoisotopic (exact) mass is 420 g/mol. The molecule has 2 aliphatic rings. The number of hydrogen-bond acceptors (Lipinski definition) is 5. The Hall–Kier alpha value is -2.90. The summed E-state index contributed by atoms with van der Waals surface area (Å²) >= 11 is 0. The van der Waals surface area contributed by atoms with Gasteiger partial charge in [0.1, 0.15) is 5.82 Å². The molecule has 31 heavy (non-hydrogen) atoms. The summed E-state index contributed by atoms with van der Waals surface area (Å²) in [5, 5.41) is 14.4. The quantitative estimate of drug-likeness (QED) is 0.662. The number of benzene rings is 2. The fourth-order valence-corrected chi connectivity index (χ4v) is 4.71. The number of carbonyl (C=O) groups excluding carboxylic acids is 1. The van der Waals surface area contributed by atoms with Crippen LogP contribution in [-0.4, -0.2) is 46.4 Å². The van der Waals surface area contributed by atoms with E-state index in [4.69, 9.17) is 9.72 Å². The van der Waals surface area contributed by atoms with Crippen LogP contribution in [0.2, 0.25) is 0 Å². The van der Waals surface area contributed by atoms with Crippen molar-refractivity contribution in [1.29, 1.82) is 0 Å². The predicted molar refractivity (Wildman–Crippen MR) is 120 cm³/mol. The average molecular weight is 421 g/mol. The molecule has 2 saturated heterocycles. The van der Waals surface area contributed by atoms with Gasteiger partial charge in [-0.3, -0.25) is 4.79 Å². The first-order valence-corrected chi connectivity index (χ1v) is 11.0. The van der Waals surface area contributed by atoms with Crippen molar-refractivity contribution < 1.29 is 14.6 Å². The molecule has 0 radical (unpaired) electrons. The maximum absolute atomic E-state index is 12.0. The van der Waals surface area contributed by atoms with Crippen LogP contribution in [0.25, 0.3) is 11.0 Å². The van der Waals surface area contributed by atoms with Crippen molar-refractivity contribution in [3.63, 3.8) is 0 Å². The molecule has 162 valence electrons. The summed E-state index contributed by atoms with van der Waals surface area (Å²) < 4.78 is 7.81. The van der Waals surface area contributed by atoms with Crippen LogP contribution < -0.4 is 10.2 Å². The van der Waals surface area contributed by atoms with E-state index in [1.54, 1.807) is 0 Å². The molecule has 0 aliphatic carbocycles. The zero-order valence-electron chi connectivity index (χ0n) is 17.7. The summed E-state index contributed by atoms with van der Waals surface area (Å²) in [6, 6.07) is 15.8. The molecule has 0 bridgehead atoms. The van der Waals surface area contributed by atoms with Crippen LogP contribution in [0.15, 0.2) is 48.5 Å². The first-order chi connectivity index (χ1) is 15.1. The summed E-state index contributed by atoms with van der Waals surface area (Å²) in [6.07, 6.45) is 1.68. The summed E-state index contributed by atoms with van der Waals surface area (Å²) in [7, 11) is 2.01. The lowest BCUT2D eigenvalue weighted by Gasteiger charge is -2.35. The van der Waals surface area contributed by atoms with Gasteiger partial charge in [-0.05, 0) is 49.2 Å². The molecule has 3 heterocycles. The van der Waals surface area contributed by atoms with Crippen molar-refractivity contribution in [1.82, 2.24) is 9.55 Å². The van der Waals surface area contributed by atoms with Gasteiger partial charge in [0.25, 0.3) is 0 Å². The SMILES string of the molecule is Cn1c([C@@H](Nc2ccc(N3CCCC3=O)cc2)[C@@H]2COCC[C@@H]2O)nc2ccccc21. The Morgan fingerprint density at radius 3 is 2.71 bits per heavy atom. The van der Waals surface area contributed by atoms with Crippen LogP contribution in [0.5, 0.6) is 0 Å². The molecule has 5 rings (SSSR count). The van der Waals surface area contributed by atoms with Crippen LogP contribution in [0, 0.1) is 5.92 Å². The summed E-state index contributed by atoms with van der Waals surface area (Å²) in [5.74, 6) is 0.930. The highest BCUT2D eigenvalue weighted by molar-refractivity contribution is 5.95. The van der Waals surface area contributed by atoms with Gasteiger partial charge in [-0.25, -0.2) is 4.98 Å². The van der Waals surface area contributed by atoms with Crippen molar-refractivity contribution in [2.45, 2.75) is 31.4 Å². The molecule has 0 saturated carbocycles. The number of aliphatic hydroxyl groups excluding tert-OH is 1. The second kappa shape index (κ2) is 8.32. The molecule has 7 nitrogen and oxygen atoms in total. The number of aryl methyl sites for hydroxylation is 1. The van der Waals surface area contributed by atoms with E-state index in [0.29, 0.717) is 26.1 Å². The lowest BCUT2D eigenvalue weighted by Crippen LogP contribution is -2.39. The second-order valence-electron chi connectivity index (χ2n) is 8.43. The topological polar surface area (TPSA) is 79.6 Å². The van der Waals surface area contributed by atoms with E-state index in [1.165, 1.54) is 0 Å². The van der Waals surface area contributed by atoms with Crippen LogP contribution in [-0.2, 0) is 16.6 Å². The van der Waals surface area contributed by atoms with Crippen LogP contribution >= 0.6 is 0 Å². The van der Waals surface area contributed by atoms with Gasteiger partial charge in [0.15, 0.2) is 0 Å². The number of anilines is 2. The van der Waals surface area contributed by atoms with E-state index in [0.717, 1.165) is 41.2 Å². The largest absolute Gasteiger partial charge is 0.393 e. The molecule has 7 heteroatoms. The minimum Gasteiger partial charge on any atom is -0.393 e. The maximum Gasteiger partial charge on any atom is 0.227 e. The van der Waals surface area contributed by atoms with Crippen molar-refractivity contribution in [3.8, 4) is 0 Å². The number of imidazole rings is 1. The first kappa shape index (κ1) is 20.0. The van der Waals surface area contributed by atoms with Gasteiger partial charge in [0.2, 0.25) is 5.91 Å². The molecule has 0 spiro atoms. The molecule has 1 amide bonds. The molecule has 2 aromatic carbocycles. The third kappa shape index (κ3) is 3.79. The zero-order valence-corrected chi connectivity index (χ0v) is 17.7. The number of amides is 1. The van der Waals surface area contributed by atoms with Crippen molar-refractivity contribution in [2.24, 2.45) is 13.0 Å². The minimum atomic E-state index is -0.465.